The predicted octanol–water partition coefficient (Wildman–Crippen LogP) is 2.16. The van der Waals surface area contributed by atoms with Crippen LogP contribution in [0.4, 0.5) is 5.82 Å². The first-order chi connectivity index (χ1) is 8.70. The minimum atomic E-state index is 0.310. The van der Waals surface area contributed by atoms with E-state index in [-0.39, 0.29) is 0 Å². The first-order valence-electron chi connectivity index (χ1n) is 6.53. The Bertz CT molecular complexity index is 398. The SMILES string of the molecule is CCOc1ncnc(NC2CCOC(C)C2)c1C. The van der Waals surface area contributed by atoms with Crippen LogP contribution in [0.5, 0.6) is 5.88 Å². The summed E-state index contributed by atoms with van der Waals surface area (Å²) < 4.78 is 11.0. The maximum Gasteiger partial charge on any atom is 0.221 e. The van der Waals surface area contributed by atoms with Crippen LogP contribution in [0, 0.1) is 6.92 Å². The van der Waals surface area contributed by atoms with Crippen molar-refractivity contribution in [2.45, 2.75) is 45.8 Å². The number of rotatable bonds is 4. The van der Waals surface area contributed by atoms with Gasteiger partial charge in [0.25, 0.3) is 0 Å². The molecule has 0 aromatic carbocycles. The van der Waals surface area contributed by atoms with Crippen LogP contribution in [-0.2, 0) is 4.74 Å². The molecular formula is C13H21N3O2. The second-order valence-corrected chi connectivity index (χ2v) is 4.63. The van der Waals surface area contributed by atoms with E-state index in [1.807, 2.05) is 13.8 Å². The third kappa shape index (κ3) is 3.10. The van der Waals surface area contributed by atoms with Gasteiger partial charge in [-0.25, -0.2) is 9.97 Å². The molecular weight excluding hydrogens is 230 g/mol. The summed E-state index contributed by atoms with van der Waals surface area (Å²) in [6.07, 6.45) is 3.87. The van der Waals surface area contributed by atoms with Crippen molar-refractivity contribution >= 4 is 5.82 Å². The zero-order valence-corrected chi connectivity index (χ0v) is 11.3. The Morgan fingerprint density at radius 1 is 1.50 bits per heavy atom. The first kappa shape index (κ1) is 13.1. The summed E-state index contributed by atoms with van der Waals surface area (Å²) in [5, 5.41) is 3.47. The van der Waals surface area contributed by atoms with Gasteiger partial charge in [0.1, 0.15) is 12.1 Å². The monoisotopic (exact) mass is 251 g/mol. The third-order valence-electron chi connectivity index (χ3n) is 3.14. The average molecular weight is 251 g/mol. The fraction of sp³-hybridized carbons (Fsp3) is 0.692. The van der Waals surface area contributed by atoms with E-state index >= 15 is 0 Å². The van der Waals surface area contributed by atoms with Gasteiger partial charge in [-0.1, -0.05) is 0 Å². The molecule has 0 amide bonds. The minimum absolute atomic E-state index is 0.310. The molecule has 5 heteroatoms. The molecule has 0 saturated carbocycles. The highest BCUT2D eigenvalue weighted by atomic mass is 16.5. The van der Waals surface area contributed by atoms with Crippen molar-refractivity contribution < 1.29 is 9.47 Å². The molecule has 1 aromatic heterocycles. The van der Waals surface area contributed by atoms with Crippen LogP contribution in [0.2, 0.25) is 0 Å². The maximum atomic E-state index is 5.54. The van der Waals surface area contributed by atoms with Gasteiger partial charge in [-0.15, -0.1) is 0 Å². The number of ether oxygens (including phenoxy) is 2. The quantitative estimate of drug-likeness (QED) is 0.888. The van der Waals surface area contributed by atoms with Crippen molar-refractivity contribution in [2.75, 3.05) is 18.5 Å². The van der Waals surface area contributed by atoms with Gasteiger partial charge in [-0.2, -0.15) is 0 Å². The summed E-state index contributed by atoms with van der Waals surface area (Å²) >= 11 is 0. The average Bonchev–Trinajstić information content (AvgIpc) is 2.35. The molecule has 0 spiro atoms. The molecule has 1 N–H and O–H groups in total. The number of hydrogen-bond donors (Lipinski definition) is 1. The van der Waals surface area contributed by atoms with Crippen LogP contribution in [-0.4, -0.2) is 35.3 Å². The van der Waals surface area contributed by atoms with Gasteiger partial charge >= 0.3 is 0 Å². The van der Waals surface area contributed by atoms with Crippen LogP contribution in [0.25, 0.3) is 0 Å². The lowest BCUT2D eigenvalue weighted by molar-refractivity contribution is 0.0231. The van der Waals surface area contributed by atoms with Gasteiger partial charge in [0.15, 0.2) is 0 Å². The summed E-state index contributed by atoms with van der Waals surface area (Å²) in [6, 6.07) is 0.414. The van der Waals surface area contributed by atoms with Crippen LogP contribution < -0.4 is 10.1 Å². The van der Waals surface area contributed by atoms with Crippen LogP contribution in [0.1, 0.15) is 32.3 Å². The van der Waals surface area contributed by atoms with E-state index in [9.17, 15) is 0 Å². The molecule has 1 fully saturated rings. The molecule has 2 heterocycles. The van der Waals surface area contributed by atoms with Crippen LogP contribution >= 0.6 is 0 Å². The summed E-state index contributed by atoms with van der Waals surface area (Å²) in [5.74, 6) is 1.53. The number of hydrogen-bond acceptors (Lipinski definition) is 5. The topological polar surface area (TPSA) is 56.3 Å². The van der Waals surface area contributed by atoms with Gasteiger partial charge in [0.05, 0.1) is 18.3 Å². The van der Waals surface area contributed by atoms with Gasteiger partial charge in [0.2, 0.25) is 5.88 Å². The summed E-state index contributed by atoms with van der Waals surface area (Å²) in [4.78, 5) is 8.44. The Balaban J connectivity index is 2.06. The van der Waals surface area contributed by atoms with Crippen molar-refractivity contribution in [1.29, 1.82) is 0 Å². The summed E-state index contributed by atoms with van der Waals surface area (Å²) in [7, 11) is 0. The van der Waals surface area contributed by atoms with E-state index in [4.69, 9.17) is 9.47 Å². The summed E-state index contributed by atoms with van der Waals surface area (Å²) in [5.41, 5.74) is 0.971. The zero-order chi connectivity index (χ0) is 13.0. The predicted molar refractivity (Wildman–Crippen MR) is 70.0 cm³/mol. The Hall–Kier alpha value is -1.36. The zero-order valence-electron chi connectivity index (χ0n) is 11.3. The van der Waals surface area contributed by atoms with Gasteiger partial charge in [0, 0.05) is 12.6 Å². The Labute approximate surface area is 108 Å². The van der Waals surface area contributed by atoms with Gasteiger partial charge in [-0.3, -0.25) is 0 Å². The molecule has 18 heavy (non-hydrogen) atoms. The number of nitrogens with one attached hydrogen (secondary N) is 1. The largest absolute Gasteiger partial charge is 0.478 e. The highest BCUT2D eigenvalue weighted by molar-refractivity contribution is 5.48. The second-order valence-electron chi connectivity index (χ2n) is 4.63. The molecule has 1 aliphatic rings. The lowest BCUT2D eigenvalue weighted by Crippen LogP contribution is -2.33. The van der Waals surface area contributed by atoms with E-state index < -0.39 is 0 Å². The van der Waals surface area contributed by atoms with E-state index in [1.165, 1.54) is 0 Å². The summed E-state index contributed by atoms with van der Waals surface area (Å²) in [6.45, 7) is 7.46. The number of aromatic nitrogens is 2. The molecule has 2 rings (SSSR count). The molecule has 0 bridgehead atoms. The molecule has 1 aromatic rings. The Morgan fingerprint density at radius 2 is 2.33 bits per heavy atom. The highest BCUT2D eigenvalue weighted by Gasteiger charge is 2.20. The molecule has 1 aliphatic heterocycles. The fourth-order valence-corrected chi connectivity index (χ4v) is 2.18. The Kier molecular flexibility index (Phi) is 4.36. The van der Waals surface area contributed by atoms with Crippen molar-refractivity contribution in [3.8, 4) is 5.88 Å². The normalized spacial score (nSPS) is 23.7. The van der Waals surface area contributed by atoms with Crippen molar-refractivity contribution in [3.05, 3.63) is 11.9 Å². The van der Waals surface area contributed by atoms with Crippen LogP contribution in [0.15, 0.2) is 6.33 Å². The van der Waals surface area contributed by atoms with Crippen molar-refractivity contribution in [3.63, 3.8) is 0 Å². The lowest BCUT2D eigenvalue weighted by Gasteiger charge is -2.28. The van der Waals surface area contributed by atoms with Crippen molar-refractivity contribution in [1.82, 2.24) is 9.97 Å². The molecule has 2 unspecified atom stereocenters. The fourth-order valence-electron chi connectivity index (χ4n) is 2.18. The molecule has 100 valence electrons. The Morgan fingerprint density at radius 3 is 3.06 bits per heavy atom. The molecule has 0 aliphatic carbocycles. The van der Waals surface area contributed by atoms with E-state index in [2.05, 4.69) is 22.2 Å². The number of nitrogens with zero attached hydrogens (tertiary/aromatic N) is 2. The first-order valence-corrected chi connectivity index (χ1v) is 6.53. The minimum Gasteiger partial charge on any atom is -0.478 e. The van der Waals surface area contributed by atoms with Crippen LogP contribution in [0.3, 0.4) is 0 Å². The van der Waals surface area contributed by atoms with Gasteiger partial charge < -0.3 is 14.8 Å². The molecule has 1 saturated heterocycles. The van der Waals surface area contributed by atoms with Crippen molar-refractivity contribution in [2.24, 2.45) is 0 Å². The van der Waals surface area contributed by atoms with E-state index in [0.29, 0.717) is 24.6 Å². The molecule has 2 atom stereocenters. The molecule has 5 nitrogen and oxygen atoms in total. The lowest BCUT2D eigenvalue weighted by atomic mass is 10.0. The second kappa shape index (κ2) is 6.00. The smallest absolute Gasteiger partial charge is 0.221 e. The van der Waals surface area contributed by atoms with Gasteiger partial charge in [-0.05, 0) is 33.6 Å². The standard InChI is InChI=1S/C13H21N3O2/c1-4-17-13-10(3)12(14-8-15-13)16-11-5-6-18-9(2)7-11/h8-9,11H,4-7H2,1-3H3,(H,14,15,16). The number of anilines is 1. The third-order valence-corrected chi connectivity index (χ3v) is 3.14. The van der Waals surface area contributed by atoms with E-state index in [1.54, 1.807) is 6.33 Å². The van der Waals surface area contributed by atoms with E-state index in [0.717, 1.165) is 30.8 Å². The highest BCUT2D eigenvalue weighted by Crippen LogP contribution is 2.23. The maximum absolute atomic E-state index is 5.54. The molecule has 0 radical (unpaired) electrons.